The first-order valence-electron chi connectivity index (χ1n) is 4.57. The van der Waals surface area contributed by atoms with Crippen LogP contribution >= 0.6 is 0 Å². The van der Waals surface area contributed by atoms with Gasteiger partial charge in [0.15, 0.2) is 0 Å². The zero-order chi connectivity index (χ0) is 8.97. The van der Waals surface area contributed by atoms with Crippen molar-refractivity contribution in [2.45, 2.75) is 37.8 Å². The molecule has 0 spiro atoms. The van der Waals surface area contributed by atoms with Crippen molar-refractivity contribution >= 4 is 0 Å². The molecule has 1 aliphatic rings. The van der Waals surface area contributed by atoms with Crippen molar-refractivity contribution in [2.75, 3.05) is 13.6 Å². The highest BCUT2D eigenvalue weighted by molar-refractivity contribution is 4.84. The van der Waals surface area contributed by atoms with Crippen LogP contribution in [-0.4, -0.2) is 30.6 Å². The second-order valence-corrected chi connectivity index (χ2v) is 3.64. The van der Waals surface area contributed by atoms with E-state index in [1.165, 1.54) is 0 Å². The molecule has 0 heterocycles. The van der Waals surface area contributed by atoms with Gasteiger partial charge in [0.05, 0.1) is 12.6 Å². The van der Waals surface area contributed by atoms with E-state index in [1.807, 2.05) is 7.05 Å². The molecule has 0 amide bonds. The molecule has 1 fully saturated rings. The average Bonchev–Trinajstić information content (AvgIpc) is 2.06. The Labute approximate surface area is 74.1 Å². The summed E-state index contributed by atoms with van der Waals surface area (Å²) < 4.78 is 0. The van der Waals surface area contributed by atoms with E-state index in [4.69, 9.17) is 11.0 Å². The van der Waals surface area contributed by atoms with Crippen molar-refractivity contribution in [3.8, 4) is 6.07 Å². The van der Waals surface area contributed by atoms with Crippen LogP contribution in [0.4, 0.5) is 0 Å². The summed E-state index contributed by atoms with van der Waals surface area (Å²) in [5.74, 6) is 0. The molecule has 0 saturated heterocycles. The molecular weight excluding hydrogens is 150 g/mol. The highest BCUT2D eigenvalue weighted by Crippen LogP contribution is 2.20. The molecule has 3 nitrogen and oxygen atoms in total. The summed E-state index contributed by atoms with van der Waals surface area (Å²) in [4.78, 5) is 2.13. The van der Waals surface area contributed by atoms with Crippen LogP contribution in [0.3, 0.4) is 0 Å². The van der Waals surface area contributed by atoms with Crippen LogP contribution in [0.15, 0.2) is 0 Å². The largest absolute Gasteiger partial charge is 0.328 e. The van der Waals surface area contributed by atoms with E-state index in [2.05, 4.69) is 11.0 Å². The highest BCUT2D eigenvalue weighted by atomic mass is 15.1. The lowest BCUT2D eigenvalue weighted by Crippen LogP contribution is -2.38. The maximum Gasteiger partial charge on any atom is 0.0865 e. The second kappa shape index (κ2) is 4.44. The van der Waals surface area contributed by atoms with E-state index in [1.54, 1.807) is 0 Å². The molecule has 0 unspecified atom stereocenters. The summed E-state index contributed by atoms with van der Waals surface area (Å²) in [6.45, 7) is 0.542. The Hall–Kier alpha value is -0.590. The fraction of sp³-hybridized carbons (Fsp3) is 0.889. The average molecular weight is 167 g/mol. The van der Waals surface area contributed by atoms with Crippen LogP contribution in [0.2, 0.25) is 0 Å². The predicted octanol–water partition coefficient (Wildman–Crippen LogP) is 0.712. The van der Waals surface area contributed by atoms with Gasteiger partial charge in [-0.15, -0.1) is 0 Å². The van der Waals surface area contributed by atoms with Gasteiger partial charge in [-0.25, -0.2) is 0 Å². The maximum atomic E-state index is 8.50. The van der Waals surface area contributed by atoms with Crippen molar-refractivity contribution in [3.05, 3.63) is 0 Å². The molecule has 2 N–H and O–H groups in total. The summed E-state index contributed by atoms with van der Waals surface area (Å²) in [6, 6.07) is 3.16. The van der Waals surface area contributed by atoms with Crippen LogP contribution in [0, 0.1) is 11.3 Å². The molecular formula is C9H17N3. The first-order chi connectivity index (χ1) is 5.74. The third kappa shape index (κ3) is 2.47. The monoisotopic (exact) mass is 167 g/mol. The van der Waals surface area contributed by atoms with Crippen molar-refractivity contribution in [3.63, 3.8) is 0 Å². The lowest BCUT2D eigenvalue weighted by atomic mass is 9.91. The van der Waals surface area contributed by atoms with Crippen LogP contribution in [-0.2, 0) is 0 Å². The SMILES string of the molecule is CN(CC#N)C1CCC(N)CC1. The van der Waals surface area contributed by atoms with Gasteiger partial charge < -0.3 is 5.73 Å². The Morgan fingerprint density at radius 2 is 2.00 bits per heavy atom. The number of hydrogen-bond donors (Lipinski definition) is 1. The van der Waals surface area contributed by atoms with Gasteiger partial charge in [-0.3, -0.25) is 4.90 Å². The van der Waals surface area contributed by atoms with Gasteiger partial charge >= 0.3 is 0 Å². The Bertz CT molecular complexity index is 165. The second-order valence-electron chi connectivity index (χ2n) is 3.64. The highest BCUT2D eigenvalue weighted by Gasteiger charge is 2.21. The quantitative estimate of drug-likeness (QED) is 0.616. The first kappa shape index (κ1) is 9.50. The number of nitrogens with zero attached hydrogens (tertiary/aromatic N) is 2. The van der Waals surface area contributed by atoms with Crippen LogP contribution in [0.1, 0.15) is 25.7 Å². The van der Waals surface area contributed by atoms with Gasteiger partial charge in [0, 0.05) is 12.1 Å². The fourth-order valence-corrected chi connectivity index (χ4v) is 1.78. The molecule has 1 saturated carbocycles. The molecule has 3 heteroatoms. The van der Waals surface area contributed by atoms with Crippen LogP contribution in [0.5, 0.6) is 0 Å². The van der Waals surface area contributed by atoms with Crippen molar-refractivity contribution in [1.29, 1.82) is 5.26 Å². The van der Waals surface area contributed by atoms with Crippen molar-refractivity contribution < 1.29 is 0 Å². The zero-order valence-corrected chi connectivity index (χ0v) is 7.66. The third-order valence-electron chi connectivity index (χ3n) is 2.68. The standard InChI is InChI=1S/C9H17N3/c1-12(7-6-10)9-4-2-8(11)3-5-9/h8-9H,2-5,7,11H2,1H3. The molecule has 0 aromatic rings. The molecule has 0 atom stereocenters. The summed E-state index contributed by atoms with van der Waals surface area (Å²) in [7, 11) is 2.02. The van der Waals surface area contributed by atoms with Crippen molar-refractivity contribution in [2.24, 2.45) is 5.73 Å². The number of nitriles is 1. The lowest BCUT2D eigenvalue weighted by Gasteiger charge is -2.31. The summed E-state index contributed by atoms with van der Waals surface area (Å²) in [5, 5.41) is 8.50. The number of nitrogens with two attached hydrogens (primary N) is 1. The maximum absolute atomic E-state index is 8.50. The molecule has 0 aromatic heterocycles. The van der Waals surface area contributed by atoms with Gasteiger partial charge in [-0.1, -0.05) is 0 Å². The number of hydrogen-bond acceptors (Lipinski definition) is 3. The molecule has 0 bridgehead atoms. The van der Waals surface area contributed by atoms with E-state index in [-0.39, 0.29) is 0 Å². The minimum absolute atomic E-state index is 0.400. The Kier molecular flexibility index (Phi) is 3.51. The van der Waals surface area contributed by atoms with Crippen LogP contribution in [0.25, 0.3) is 0 Å². The van der Waals surface area contributed by atoms with E-state index in [0.717, 1.165) is 25.7 Å². The summed E-state index contributed by atoms with van der Waals surface area (Å²) in [6.07, 6.45) is 4.53. The fourth-order valence-electron chi connectivity index (χ4n) is 1.78. The van der Waals surface area contributed by atoms with Gasteiger partial charge in [0.2, 0.25) is 0 Å². The topological polar surface area (TPSA) is 53.0 Å². The molecule has 68 valence electrons. The smallest absolute Gasteiger partial charge is 0.0865 e. The minimum atomic E-state index is 0.400. The predicted molar refractivity (Wildman–Crippen MR) is 48.5 cm³/mol. The molecule has 0 radical (unpaired) electrons. The van der Waals surface area contributed by atoms with Gasteiger partial charge in [-0.05, 0) is 32.7 Å². The molecule has 0 aromatic carbocycles. The zero-order valence-electron chi connectivity index (χ0n) is 7.66. The third-order valence-corrected chi connectivity index (χ3v) is 2.68. The van der Waals surface area contributed by atoms with E-state index < -0.39 is 0 Å². The molecule has 1 rings (SSSR count). The van der Waals surface area contributed by atoms with Crippen molar-refractivity contribution in [1.82, 2.24) is 4.90 Å². The first-order valence-corrected chi connectivity index (χ1v) is 4.57. The van der Waals surface area contributed by atoms with Gasteiger partial charge in [-0.2, -0.15) is 5.26 Å². The normalized spacial score (nSPS) is 30.2. The molecule has 0 aliphatic heterocycles. The Balaban J connectivity index is 2.30. The van der Waals surface area contributed by atoms with Crippen LogP contribution < -0.4 is 5.73 Å². The molecule has 1 aliphatic carbocycles. The summed E-state index contributed by atoms with van der Waals surface area (Å²) in [5.41, 5.74) is 5.79. The van der Waals surface area contributed by atoms with E-state index in [9.17, 15) is 0 Å². The summed E-state index contributed by atoms with van der Waals surface area (Å²) >= 11 is 0. The molecule has 12 heavy (non-hydrogen) atoms. The van der Waals surface area contributed by atoms with Gasteiger partial charge in [0.1, 0.15) is 0 Å². The minimum Gasteiger partial charge on any atom is -0.328 e. The Morgan fingerprint density at radius 1 is 1.42 bits per heavy atom. The van der Waals surface area contributed by atoms with Gasteiger partial charge in [0.25, 0.3) is 0 Å². The lowest BCUT2D eigenvalue weighted by molar-refractivity contribution is 0.201. The number of rotatable bonds is 2. The van der Waals surface area contributed by atoms with E-state index in [0.29, 0.717) is 18.6 Å². The Morgan fingerprint density at radius 3 is 2.50 bits per heavy atom. The van der Waals surface area contributed by atoms with E-state index >= 15 is 0 Å².